The number of hydrogen-bond donors (Lipinski definition) is 4. The lowest BCUT2D eigenvalue weighted by atomic mass is 9.86. The molecule has 0 bridgehead atoms. The summed E-state index contributed by atoms with van der Waals surface area (Å²) in [5, 5.41) is 17.3. The van der Waals surface area contributed by atoms with E-state index in [4.69, 9.17) is 10.2 Å². The molecule has 1 atom stereocenters. The van der Waals surface area contributed by atoms with Crippen molar-refractivity contribution in [2.24, 2.45) is 10.7 Å². The topological polar surface area (TPSA) is 95.8 Å². The third-order valence-corrected chi connectivity index (χ3v) is 4.91. The van der Waals surface area contributed by atoms with Gasteiger partial charge in [0.2, 0.25) is 0 Å². The van der Waals surface area contributed by atoms with E-state index in [-0.39, 0.29) is 11.7 Å². The molecule has 28 heavy (non-hydrogen) atoms. The zero-order valence-corrected chi connectivity index (χ0v) is 14.9. The molecule has 5 rings (SSSR count). The lowest BCUT2D eigenvalue weighted by molar-refractivity contribution is 0.467. The summed E-state index contributed by atoms with van der Waals surface area (Å²) in [5.41, 5.74) is 10.5. The minimum atomic E-state index is -0.303. The Balaban J connectivity index is 1.67. The third-order valence-electron chi connectivity index (χ3n) is 4.91. The highest BCUT2D eigenvalue weighted by Gasteiger charge is 2.31. The van der Waals surface area contributed by atoms with Crippen molar-refractivity contribution in [2.45, 2.75) is 5.92 Å². The molecule has 2 aliphatic heterocycles. The molecule has 0 saturated carbocycles. The maximum atomic E-state index is 10.5. The van der Waals surface area contributed by atoms with Crippen LogP contribution in [-0.4, -0.2) is 10.9 Å². The first-order valence-corrected chi connectivity index (χ1v) is 8.96. The molecule has 0 spiro atoms. The molecule has 1 aromatic heterocycles. The number of phenols is 1. The molecule has 2 aliphatic rings. The first-order valence-electron chi connectivity index (χ1n) is 8.96. The van der Waals surface area contributed by atoms with Gasteiger partial charge in [0, 0.05) is 17.1 Å². The molecule has 3 heterocycles. The highest BCUT2D eigenvalue weighted by molar-refractivity contribution is 6.06. The van der Waals surface area contributed by atoms with E-state index in [0.717, 1.165) is 28.3 Å². The van der Waals surface area contributed by atoms with Crippen molar-refractivity contribution >= 4 is 22.9 Å². The van der Waals surface area contributed by atoms with Crippen LogP contribution >= 0.6 is 0 Å². The van der Waals surface area contributed by atoms with Crippen LogP contribution < -0.4 is 16.4 Å². The van der Waals surface area contributed by atoms with Crippen LogP contribution in [0.5, 0.6) is 5.75 Å². The Labute approximate surface area is 161 Å². The Hall–Kier alpha value is -3.93. The first kappa shape index (κ1) is 16.3. The maximum Gasteiger partial charge on any atom is 0.152 e. The fourth-order valence-corrected chi connectivity index (χ4v) is 3.61. The Bertz CT molecular complexity index is 1120. The molecule has 6 heteroatoms. The molecule has 1 unspecified atom stereocenters. The standard InChI is InChI=1S/C22H18N4O2/c23-21-20(22-25-15-7-2-3-8-16(15)26-22)14(13-6-1-4-9-18(13)27)12-17(24-21)19-10-5-11-28-19/h1-12,14,25-27H,(H2,23,24). The fraction of sp³-hybridized carbons (Fsp3) is 0.0455. The smallest absolute Gasteiger partial charge is 0.152 e. The van der Waals surface area contributed by atoms with Gasteiger partial charge in [-0.2, -0.15) is 0 Å². The summed E-state index contributed by atoms with van der Waals surface area (Å²) in [6.45, 7) is 0. The van der Waals surface area contributed by atoms with Crippen molar-refractivity contribution < 1.29 is 9.52 Å². The van der Waals surface area contributed by atoms with Crippen LogP contribution in [0.3, 0.4) is 0 Å². The van der Waals surface area contributed by atoms with Crippen molar-refractivity contribution in [2.75, 3.05) is 10.6 Å². The zero-order chi connectivity index (χ0) is 19.1. The Kier molecular flexibility index (Phi) is 3.69. The van der Waals surface area contributed by atoms with Crippen molar-refractivity contribution in [1.82, 2.24) is 0 Å². The number of rotatable bonds is 2. The molecule has 0 radical (unpaired) electrons. The van der Waals surface area contributed by atoms with Crippen LogP contribution in [0.4, 0.5) is 11.4 Å². The minimum Gasteiger partial charge on any atom is -0.508 e. The highest BCUT2D eigenvalue weighted by atomic mass is 16.3. The van der Waals surface area contributed by atoms with Gasteiger partial charge in [0.05, 0.1) is 17.6 Å². The van der Waals surface area contributed by atoms with Gasteiger partial charge < -0.3 is 25.9 Å². The van der Waals surface area contributed by atoms with Gasteiger partial charge in [-0.15, -0.1) is 0 Å². The second kappa shape index (κ2) is 6.35. The molecule has 0 saturated heterocycles. The molecule has 2 aromatic carbocycles. The lowest BCUT2D eigenvalue weighted by Crippen LogP contribution is -2.27. The number of nitrogens with zero attached hydrogens (tertiary/aromatic N) is 1. The number of anilines is 2. The van der Waals surface area contributed by atoms with E-state index in [0.29, 0.717) is 17.3 Å². The van der Waals surface area contributed by atoms with Crippen LogP contribution in [0.25, 0.3) is 5.70 Å². The quantitative estimate of drug-likeness (QED) is 0.541. The Morgan fingerprint density at radius 1 is 0.929 bits per heavy atom. The average Bonchev–Trinajstić information content (AvgIpc) is 3.37. The van der Waals surface area contributed by atoms with E-state index in [1.165, 1.54) is 0 Å². The molecule has 0 fully saturated rings. The molecule has 6 nitrogen and oxygen atoms in total. The Morgan fingerprint density at radius 3 is 2.32 bits per heavy atom. The molecule has 138 valence electrons. The predicted octanol–water partition coefficient (Wildman–Crippen LogP) is 4.23. The van der Waals surface area contributed by atoms with E-state index in [2.05, 4.69) is 15.6 Å². The second-order valence-electron chi connectivity index (χ2n) is 6.65. The van der Waals surface area contributed by atoms with Crippen LogP contribution in [0.15, 0.2) is 93.8 Å². The number of fused-ring (bicyclic) bond motifs is 1. The predicted molar refractivity (Wildman–Crippen MR) is 110 cm³/mol. The van der Waals surface area contributed by atoms with Gasteiger partial charge in [0.15, 0.2) is 5.76 Å². The number of aliphatic imine (C=N–C) groups is 1. The van der Waals surface area contributed by atoms with E-state index < -0.39 is 0 Å². The highest BCUT2D eigenvalue weighted by Crippen LogP contribution is 2.41. The van der Waals surface area contributed by atoms with Gasteiger partial charge >= 0.3 is 0 Å². The summed E-state index contributed by atoms with van der Waals surface area (Å²) >= 11 is 0. The summed E-state index contributed by atoms with van der Waals surface area (Å²) in [6, 6.07) is 18.8. The number of hydrogen-bond acceptors (Lipinski definition) is 6. The maximum absolute atomic E-state index is 10.5. The summed E-state index contributed by atoms with van der Waals surface area (Å²) in [5.74, 6) is 1.65. The Morgan fingerprint density at radius 2 is 1.64 bits per heavy atom. The molecule has 0 amide bonds. The molecular weight excluding hydrogens is 352 g/mol. The lowest BCUT2D eigenvalue weighted by Gasteiger charge is -2.25. The number of allylic oxidation sites excluding steroid dienone is 1. The van der Waals surface area contributed by atoms with E-state index >= 15 is 0 Å². The van der Waals surface area contributed by atoms with E-state index in [9.17, 15) is 5.11 Å². The third kappa shape index (κ3) is 2.63. The first-order chi connectivity index (χ1) is 13.7. The molecule has 3 aromatic rings. The number of benzene rings is 2. The van der Waals surface area contributed by atoms with Gasteiger partial charge in [0.1, 0.15) is 23.1 Å². The SMILES string of the molecule is NC1=NC(c2ccco2)=CC(c2ccccc2O)C1=C1Nc2ccccc2N1. The fourth-order valence-electron chi connectivity index (χ4n) is 3.61. The van der Waals surface area contributed by atoms with Gasteiger partial charge in [-0.1, -0.05) is 30.3 Å². The van der Waals surface area contributed by atoms with Gasteiger partial charge in [-0.3, -0.25) is 0 Å². The van der Waals surface area contributed by atoms with Gasteiger partial charge in [-0.05, 0) is 36.4 Å². The number of nitrogens with two attached hydrogens (primary N) is 1. The summed E-state index contributed by atoms with van der Waals surface area (Å²) < 4.78 is 5.51. The van der Waals surface area contributed by atoms with Crippen molar-refractivity contribution in [3.05, 3.63) is 95.7 Å². The van der Waals surface area contributed by atoms with Crippen molar-refractivity contribution in [1.29, 1.82) is 0 Å². The number of nitrogens with one attached hydrogen (secondary N) is 2. The normalized spacial score (nSPS) is 18.1. The van der Waals surface area contributed by atoms with E-state index in [1.54, 1.807) is 18.4 Å². The molecule has 0 aliphatic carbocycles. The number of aromatic hydroxyl groups is 1. The van der Waals surface area contributed by atoms with Crippen molar-refractivity contribution in [3.8, 4) is 5.75 Å². The van der Waals surface area contributed by atoms with Crippen LogP contribution in [0.1, 0.15) is 17.2 Å². The average molecular weight is 370 g/mol. The second-order valence-corrected chi connectivity index (χ2v) is 6.65. The zero-order valence-electron chi connectivity index (χ0n) is 14.9. The van der Waals surface area contributed by atoms with Gasteiger partial charge in [0.25, 0.3) is 0 Å². The van der Waals surface area contributed by atoms with Crippen LogP contribution in [0.2, 0.25) is 0 Å². The molecule has 5 N–H and O–H groups in total. The minimum absolute atomic E-state index is 0.200. The van der Waals surface area contributed by atoms with Gasteiger partial charge in [-0.25, -0.2) is 4.99 Å². The van der Waals surface area contributed by atoms with E-state index in [1.807, 2.05) is 54.6 Å². The largest absolute Gasteiger partial charge is 0.508 e. The number of phenolic OH excluding ortho intramolecular Hbond substituents is 1. The summed E-state index contributed by atoms with van der Waals surface area (Å²) in [6.07, 6.45) is 3.56. The molecular formula is C22H18N4O2. The summed E-state index contributed by atoms with van der Waals surface area (Å²) in [4.78, 5) is 4.56. The summed E-state index contributed by atoms with van der Waals surface area (Å²) in [7, 11) is 0. The van der Waals surface area contributed by atoms with Crippen LogP contribution in [0, 0.1) is 0 Å². The van der Waals surface area contributed by atoms with Crippen molar-refractivity contribution in [3.63, 3.8) is 0 Å². The number of furan rings is 1. The monoisotopic (exact) mass is 370 g/mol. The number of para-hydroxylation sites is 3. The number of amidine groups is 1. The van der Waals surface area contributed by atoms with Crippen LogP contribution in [-0.2, 0) is 0 Å².